The van der Waals surface area contributed by atoms with Crippen molar-refractivity contribution in [1.82, 2.24) is 10.2 Å². The molecule has 2 rings (SSSR count). The number of aryl methyl sites for hydroxylation is 1. The molecule has 3 amide bonds. The second kappa shape index (κ2) is 9.44. The quantitative estimate of drug-likeness (QED) is 0.760. The average Bonchev–Trinajstić information content (AvgIpc) is 2.60. The summed E-state index contributed by atoms with van der Waals surface area (Å²) in [7, 11) is 0. The van der Waals surface area contributed by atoms with Crippen LogP contribution in [0.2, 0.25) is 0 Å². The average molecular weight is 345 g/mol. The van der Waals surface area contributed by atoms with Crippen LogP contribution in [0.3, 0.4) is 0 Å². The number of hydrogen-bond acceptors (Lipinski definition) is 2. The zero-order valence-corrected chi connectivity index (χ0v) is 15.7. The normalized spacial score (nSPS) is 15.1. The number of rotatable bonds is 6. The maximum absolute atomic E-state index is 12.6. The first-order valence-electron chi connectivity index (χ1n) is 9.46. The Morgan fingerprint density at radius 2 is 1.92 bits per heavy atom. The first kappa shape index (κ1) is 19.3. The largest absolute Gasteiger partial charge is 0.339 e. The SMILES string of the molecule is CCCCCNC(=O)Nc1ccc(C(=O)N2CCC(C)CC2)cc1C. The van der Waals surface area contributed by atoms with Gasteiger partial charge in [-0.2, -0.15) is 0 Å². The van der Waals surface area contributed by atoms with Crippen LogP contribution in [0.1, 0.15) is 61.9 Å². The molecular formula is C20H31N3O2. The lowest BCUT2D eigenvalue weighted by molar-refractivity contribution is 0.0697. The van der Waals surface area contributed by atoms with Gasteiger partial charge in [0.25, 0.3) is 5.91 Å². The lowest BCUT2D eigenvalue weighted by atomic mass is 9.98. The van der Waals surface area contributed by atoms with Gasteiger partial charge in [-0.25, -0.2) is 4.79 Å². The maximum Gasteiger partial charge on any atom is 0.319 e. The molecule has 1 aromatic rings. The second-order valence-corrected chi connectivity index (χ2v) is 7.09. The molecule has 1 aliphatic heterocycles. The number of carbonyl (C=O) groups is 2. The Balaban J connectivity index is 1.91. The Morgan fingerprint density at radius 3 is 2.56 bits per heavy atom. The Labute approximate surface area is 151 Å². The van der Waals surface area contributed by atoms with Crippen molar-refractivity contribution in [2.75, 3.05) is 25.0 Å². The Hall–Kier alpha value is -2.04. The van der Waals surface area contributed by atoms with E-state index in [0.29, 0.717) is 18.0 Å². The maximum atomic E-state index is 12.6. The smallest absolute Gasteiger partial charge is 0.319 e. The van der Waals surface area contributed by atoms with Crippen LogP contribution >= 0.6 is 0 Å². The Bertz CT molecular complexity index is 593. The van der Waals surface area contributed by atoms with Crippen molar-refractivity contribution in [3.05, 3.63) is 29.3 Å². The lowest BCUT2D eigenvalue weighted by Crippen LogP contribution is -2.37. The van der Waals surface area contributed by atoms with Crippen LogP contribution in [0.4, 0.5) is 10.5 Å². The van der Waals surface area contributed by atoms with Crippen LogP contribution < -0.4 is 10.6 Å². The van der Waals surface area contributed by atoms with E-state index in [1.54, 1.807) is 6.07 Å². The van der Waals surface area contributed by atoms with Crippen LogP contribution in [-0.2, 0) is 0 Å². The molecule has 138 valence electrons. The number of piperidine rings is 1. The molecule has 1 fully saturated rings. The van der Waals surface area contributed by atoms with Crippen LogP contribution in [0.15, 0.2) is 18.2 Å². The van der Waals surface area contributed by atoms with Gasteiger partial charge >= 0.3 is 6.03 Å². The number of anilines is 1. The molecule has 0 bridgehead atoms. The molecule has 0 unspecified atom stereocenters. The summed E-state index contributed by atoms with van der Waals surface area (Å²) in [5, 5.41) is 5.72. The zero-order valence-electron chi connectivity index (χ0n) is 15.7. The Kier molecular flexibility index (Phi) is 7.29. The van der Waals surface area contributed by atoms with Gasteiger partial charge in [-0.15, -0.1) is 0 Å². The minimum absolute atomic E-state index is 0.0885. The van der Waals surface area contributed by atoms with Crippen LogP contribution in [0.25, 0.3) is 0 Å². The van der Waals surface area contributed by atoms with Crippen LogP contribution in [0, 0.1) is 12.8 Å². The standard InChI is InChI=1S/C20H31N3O2/c1-4-5-6-11-21-20(25)22-18-8-7-17(14-16(18)3)19(24)23-12-9-15(2)10-13-23/h7-8,14-15H,4-6,9-13H2,1-3H3,(H2,21,22,25). The topological polar surface area (TPSA) is 61.4 Å². The molecule has 0 aliphatic carbocycles. The summed E-state index contributed by atoms with van der Waals surface area (Å²) in [6, 6.07) is 5.30. The van der Waals surface area contributed by atoms with Crippen molar-refractivity contribution in [2.24, 2.45) is 5.92 Å². The molecule has 0 aromatic heterocycles. The molecule has 0 saturated carbocycles. The van der Waals surface area contributed by atoms with Gasteiger partial charge in [-0.05, 0) is 55.9 Å². The van der Waals surface area contributed by atoms with E-state index in [1.165, 1.54) is 0 Å². The molecule has 0 spiro atoms. The number of likely N-dealkylation sites (tertiary alicyclic amines) is 1. The van der Waals surface area contributed by atoms with Gasteiger partial charge in [0.15, 0.2) is 0 Å². The fraction of sp³-hybridized carbons (Fsp3) is 0.600. The van der Waals surface area contributed by atoms with E-state index >= 15 is 0 Å². The number of hydrogen-bond donors (Lipinski definition) is 2. The second-order valence-electron chi connectivity index (χ2n) is 7.09. The van der Waals surface area contributed by atoms with E-state index < -0.39 is 0 Å². The highest BCUT2D eigenvalue weighted by Crippen LogP contribution is 2.21. The van der Waals surface area contributed by atoms with Gasteiger partial charge < -0.3 is 15.5 Å². The van der Waals surface area contributed by atoms with Crippen molar-refractivity contribution in [3.8, 4) is 0 Å². The van der Waals surface area contributed by atoms with Crippen LogP contribution in [0.5, 0.6) is 0 Å². The summed E-state index contributed by atoms with van der Waals surface area (Å²) >= 11 is 0. The van der Waals surface area contributed by atoms with E-state index in [-0.39, 0.29) is 11.9 Å². The van der Waals surface area contributed by atoms with Gasteiger partial charge in [0.05, 0.1) is 0 Å². The highest BCUT2D eigenvalue weighted by Gasteiger charge is 2.21. The predicted molar refractivity (Wildman–Crippen MR) is 102 cm³/mol. The fourth-order valence-corrected chi connectivity index (χ4v) is 3.07. The van der Waals surface area contributed by atoms with Crippen molar-refractivity contribution < 1.29 is 9.59 Å². The number of nitrogens with zero attached hydrogens (tertiary/aromatic N) is 1. The lowest BCUT2D eigenvalue weighted by Gasteiger charge is -2.30. The summed E-state index contributed by atoms with van der Waals surface area (Å²) in [5.41, 5.74) is 2.35. The number of nitrogens with one attached hydrogen (secondary N) is 2. The fourth-order valence-electron chi connectivity index (χ4n) is 3.07. The number of amides is 3. The molecule has 1 heterocycles. The van der Waals surface area contributed by atoms with E-state index in [9.17, 15) is 9.59 Å². The summed E-state index contributed by atoms with van der Waals surface area (Å²) in [6.07, 6.45) is 5.38. The predicted octanol–water partition coefficient (Wildman–Crippen LogP) is 4.18. The van der Waals surface area contributed by atoms with Crippen molar-refractivity contribution in [1.29, 1.82) is 0 Å². The first-order valence-corrected chi connectivity index (χ1v) is 9.46. The molecule has 1 aliphatic rings. The summed E-state index contributed by atoms with van der Waals surface area (Å²) < 4.78 is 0. The summed E-state index contributed by atoms with van der Waals surface area (Å²) in [6.45, 7) is 8.64. The van der Waals surface area contributed by atoms with Crippen molar-refractivity contribution in [2.45, 2.75) is 52.9 Å². The number of carbonyl (C=O) groups excluding carboxylic acids is 2. The first-order chi connectivity index (χ1) is 12.0. The third-order valence-electron chi connectivity index (χ3n) is 4.86. The van der Waals surface area contributed by atoms with E-state index in [4.69, 9.17) is 0 Å². The highest BCUT2D eigenvalue weighted by atomic mass is 16.2. The summed E-state index contributed by atoms with van der Waals surface area (Å²) in [4.78, 5) is 26.5. The molecule has 2 N–H and O–H groups in total. The van der Waals surface area contributed by atoms with Crippen LogP contribution in [-0.4, -0.2) is 36.5 Å². The number of unbranched alkanes of at least 4 members (excludes halogenated alkanes) is 2. The molecule has 5 heteroatoms. The van der Waals surface area contributed by atoms with Gasteiger partial charge in [0, 0.05) is 30.9 Å². The highest BCUT2D eigenvalue weighted by molar-refractivity contribution is 5.96. The molecule has 0 atom stereocenters. The minimum atomic E-state index is -0.191. The van der Waals surface area contributed by atoms with Crippen molar-refractivity contribution in [3.63, 3.8) is 0 Å². The van der Waals surface area contributed by atoms with Gasteiger partial charge in [-0.1, -0.05) is 26.7 Å². The third kappa shape index (κ3) is 5.76. The van der Waals surface area contributed by atoms with E-state index in [2.05, 4.69) is 24.5 Å². The third-order valence-corrected chi connectivity index (χ3v) is 4.86. The zero-order chi connectivity index (χ0) is 18.2. The van der Waals surface area contributed by atoms with E-state index in [0.717, 1.165) is 56.4 Å². The van der Waals surface area contributed by atoms with Gasteiger partial charge in [0.1, 0.15) is 0 Å². The monoisotopic (exact) mass is 345 g/mol. The van der Waals surface area contributed by atoms with Gasteiger partial charge in [-0.3, -0.25) is 4.79 Å². The minimum Gasteiger partial charge on any atom is -0.339 e. The Morgan fingerprint density at radius 1 is 1.20 bits per heavy atom. The number of urea groups is 1. The van der Waals surface area contributed by atoms with Gasteiger partial charge in [0.2, 0.25) is 0 Å². The molecular weight excluding hydrogens is 314 g/mol. The van der Waals surface area contributed by atoms with E-state index in [1.807, 2.05) is 24.0 Å². The molecule has 5 nitrogen and oxygen atoms in total. The summed E-state index contributed by atoms with van der Waals surface area (Å²) in [5.74, 6) is 0.791. The molecule has 0 radical (unpaired) electrons. The molecule has 1 saturated heterocycles. The van der Waals surface area contributed by atoms with Crippen molar-refractivity contribution >= 4 is 17.6 Å². The molecule has 25 heavy (non-hydrogen) atoms. The molecule has 1 aromatic carbocycles. The number of benzene rings is 1.